The molecule has 0 amide bonds. The third kappa shape index (κ3) is 5.79. The predicted molar refractivity (Wildman–Crippen MR) is 173 cm³/mol. The molecule has 0 saturated heterocycles. The van der Waals surface area contributed by atoms with Gasteiger partial charge >= 0.3 is 5.97 Å². The van der Waals surface area contributed by atoms with E-state index in [1.54, 1.807) is 10.6 Å². The summed E-state index contributed by atoms with van der Waals surface area (Å²) in [5, 5.41) is 0. The van der Waals surface area contributed by atoms with Crippen molar-refractivity contribution in [3.8, 4) is 11.4 Å². The summed E-state index contributed by atoms with van der Waals surface area (Å²) in [5.74, 6) is -0.105. The average molecular weight is 622 g/mol. The highest BCUT2D eigenvalue weighted by Crippen LogP contribution is 2.32. The summed E-state index contributed by atoms with van der Waals surface area (Å²) >= 11 is 1.31. The van der Waals surface area contributed by atoms with Crippen LogP contribution in [0.2, 0.25) is 0 Å². The van der Waals surface area contributed by atoms with E-state index >= 15 is 0 Å². The van der Waals surface area contributed by atoms with Crippen molar-refractivity contribution in [3.63, 3.8) is 0 Å². The molecule has 3 aromatic carbocycles. The predicted octanol–water partition coefficient (Wildman–Crippen LogP) is 5.92. The van der Waals surface area contributed by atoms with Gasteiger partial charge in [0.05, 0.1) is 29.0 Å². The first-order valence-electron chi connectivity index (χ1n) is 14.6. The number of thiazole rings is 1. The molecule has 0 radical (unpaired) electrons. The highest BCUT2D eigenvalue weighted by Gasteiger charge is 2.33. The van der Waals surface area contributed by atoms with Crippen molar-refractivity contribution in [2.75, 3.05) is 7.11 Å². The van der Waals surface area contributed by atoms with Crippen LogP contribution in [0.5, 0.6) is 5.75 Å². The average Bonchev–Trinajstić information content (AvgIpc) is 3.52. The molecule has 6 rings (SSSR count). The zero-order valence-corrected chi connectivity index (χ0v) is 26.2. The Morgan fingerprint density at radius 1 is 1.02 bits per heavy atom. The van der Waals surface area contributed by atoms with Crippen molar-refractivity contribution in [3.05, 3.63) is 150 Å². The van der Waals surface area contributed by atoms with Crippen LogP contribution < -0.4 is 19.6 Å². The quantitative estimate of drug-likeness (QED) is 0.202. The lowest BCUT2D eigenvalue weighted by Crippen LogP contribution is -2.40. The molecule has 0 bridgehead atoms. The van der Waals surface area contributed by atoms with Gasteiger partial charge in [-0.2, -0.15) is 0 Å². The Morgan fingerprint density at radius 2 is 1.78 bits per heavy atom. The van der Waals surface area contributed by atoms with Gasteiger partial charge in [0.25, 0.3) is 5.56 Å². The maximum absolute atomic E-state index is 14.0. The fourth-order valence-corrected chi connectivity index (χ4v) is 6.78. The number of halogens is 1. The molecule has 3 heterocycles. The van der Waals surface area contributed by atoms with Gasteiger partial charge in [-0.15, -0.1) is 0 Å². The lowest BCUT2D eigenvalue weighted by atomic mass is 9.95. The van der Waals surface area contributed by atoms with Gasteiger partial charge < -0.3 is 14.0 Å². The fourth-order valence-electron chi connectivity index (χ4n) is 5.77. The van der Waals surface area contributed by atoms with Crippen LogP contribution in [-0.4, -0.2) is 22.2 Å². The number of nitrogens with zero attached hydrogens (tertiary/aromatic N) is 3. The number of hydrogen-bond acceptors (Lipinski definition) is 6. The van der Waals surface area contributed by atoms with Gasteiger partial charge in [0.1, 0.15) is 18.2 Å². The van der Waals surface area contributed by atoms with E-state index in [1.807, 2.05) is 93.6 Å². The number of methoxy groups -OCH3 is 1. The van der Waals surface area contributed by atoms with E-state index in [4.69, 9.17) is 14.5 Å². The number of allylic oxidation sites excluding steroid dienone is 1. The third-order valence-corrected chi connectivity index (χ3v) is 8.89. The number of aryl methyl sites for hydroxylation is 1. The molecular weight excluding hydrogens is 589 g/mol. The maximum atomic E-state index is 14.0. The van der Waals surface area contributed by atoms with Gasteiger partial charge in [0.15, 0.2) is 4.80 Å². The highest BCUT2D eigenvalue weighted by molar-refractivity contribution is 7.07. The van der Waals surface area contributed by atoms with Crippen molar-refractivity contribution < 1.29 is 18.7 Å². The Bertz CT molecular complexity index is 2110. The van der Waals surface area contributed by atoms with Crippen LogP contribution in [0.3, 0.4) is 0 Å². The van der Waals surface area contributed by atoms with Crippen LogP contribution in [0.15, 0.2) is 106 Å². The van der Waals surface area contributed by atoms with E-state index in [9.17, 15) is 14.0 Å². The monoisotopic (exact) mass is 621 g/mol. The summed E-state index contributed by atoms with van der Waals surface area (Å²) in [6, 6.07) is 25.0. The maximum Gasteiger partial charge on any atom is 0.338 e. The van der Waals surface area contributed by atoms with Crippen LogP contribution in [-0.2, 0) is 16.1 Å². The van der Waals surface area contributed by atoms with Crippen LogP contribution >= 0.6 is 11.3 Å². The minimum absolute atomic E-state index is 0.214. The highest BCUT2D eigenvalue weighted by atomic mass is 32.1. The minimum Gasteiger partial charge on any atom is -0.489 e. The van der Waals surface area contributed by atoms with Crippen LogP contribution in [0.4, 0.5) is 4.39 Å². The van der Waals surface area contributed by atoms with Crippen molar-refractivity contribution in [2.24, 2.45) is 4.99 Å². The number of rotatable bonds is 8. The molecule has 1 atom stereocenters. The topological polar surface area (TPSA) is 74.8 Å². The molecule has 1 aliphatic heterocycles. The van der Waals surface area contributed by atoms with Crippen LogP contribution in [0.25, 0.3) is 11.8 Å². The summed E-state index contributed by atoms with van der Waals surface area (Å²) in [7, 11) is 1.35. The molecule has 228 valence electrons. The van der Waals surface area contributed by atoms with Crippen LogP contribution in [0.1, 0.15) is 47.5 Å². The molecule has 45 heavy (non-hydrogen) atoms. The Balaban J connectivity index is 1.36. The van der Waals surface area contributed by atoms with Crippen molar-refractivity contribution >= 4 is 23.4 Å². The smallest absolute Gasteiger partial charge is 0.338 e. The SMILES string of the molecule is CCC1=C(C(=O)OC)[C@H](c2ccccc2)n2c(s/c(=C/c3cc(C)n(-c4ccc(OCc5cccc(F)c5)cc4)c3C)c2=O)=N1. The first-order valence-corrected chi connectivity index (χ1v) is 15.5. The van der Waals surface area contributed by atoms with Crippen molar-refractivity contribution in [1.29, 1.82) is 0 Å². The van der Waals surface area contributed by atoms with E-state index in [2.05, 4.69) is 4.57 Å². The van der Waals surface area contributed by atoms with Gasteiger partial charge in [-0.3, -0.25) is 9.36 Å². The molecular formula is C36H32FN3O4S. The molecule has 0 N–H and O–H groups in total. The van der Waals surface area contributed by atoms with Gasteiger partial charge in [0.2, 0.25) is 0 Å². The molecule has 1 aliphatic rings. The second-order valence-corrected chi connectivity index (χ2v) is 11.8. The molecule has 0 fully saturated rings. The number of carbonyl (C=O) groups excluding carboxylic acids is 1. The Kier molecular flexibility index (Phi) is 8.36. The molecule has 5 aromatic rings. The molecule has 2 aromatic heterocycles. The zero-order chi connectivity index (χ0) is 31.7. The first kappa shape index (κ1) is 30.0. The van der Waals surface area contributed by atoms with Gasteiger partial charge in [-0.1, -0.05) is 60.7 Å². The number of fused-ring (bicyclic) bond motifs is 1. The normalized spacial score (nSPS) is 14.7. The molecule has 7 nitrogen and oxygen atoms in total. The summed E-state index contributed by atoms with van der Waals surface area (Å²) in [4.78, 5) is 32.3. The van der Waals surface area contributed by atoms with E-state index < -0.39 is 12.0 Å². The summed E-state index contributed by atoms with van der Waals surface area (Å²) in [6.45, 7) is 6.25. The molecule has 9 heteroatoms. The second kappa shape index (κ2) is 12.5. The largest absolute Gasteiger partial charge is 0.489 e. The van der Waals surface area contributed by atoms with E-state index in [0.29, 0.717) is 32.8 Å². The number of aromatic nitrogens is 2. The lowest BCUT2D eigenvalue weighted by molar-refractivity contribution is -0.136. The number of ether oxygens (including phenoxy) is 2. The third-order valence-electron chi connectivity index (χ3n) is 7.91. The van der Waals surface area contributed by atoms with E-state index in [1.165, 1.54) is 30.6 Å². The van der Waals surface area contributed by atoms with E-state index in [-0.39, 0.29) is 18.0 Å². The van der Waals surface area contributed by atoms with Crippen molar-refractivity contribution in [2.45, 2.75) is 39.8 Å². The van der Waals surface area contributed by atoms with Crippen LogP contribution in [0, 0.1) is 19.7 Å². The standard InChI is InChI=1S/C36H32FN3O4S/c1-5-30-32(35(42)43-4)33(25-11-7-6-8-12-25)40-34(41)31(45-36(40)38-30)20-26-18-22(2)39(23(26)3)28-14-16-29(17-15-28)44-21-24-10-9-13-27(37)19-24/h6-20,33H,5,21H2,1-4H3/b31-20+/t33-/m0/s1. The lowest BCUT2D eigenvalue weighted by Gasteiger charge is -2.25. The summed E-state index contributed by atoms with van der Waals surface area (Å²) in [6.07, 6.45) is 2.42. The minimum atomic E-state index is -0.638. The number of esters is 1. The summed E-state index contributed by atoms with van der Waals surface area (Å²) in [5.41, 5.74) is 6.18. The van der Waals surface area contributed by atoms with E-state index in [0.717, 1.165) is 33.8 Å². The molecule has 0 spiro atoms. The summed E-state index contributed by atoms with van der Waals surface area (Å²) < 4.78 is 28.8. The first-order chi connectivity index (χ1) is 21.8. The number of carbonyl (C=O) groups is 1. The number of hydrogen-bond donors (Lipinski definition) is 0. The molecule has 0 saturated carbocycles. The fraction of sp³-hybridized carbons (Fsp3) is 0.194. The zero-order valence-electron chi connectivity index (χ0n) is 25.4. The number of benzene rings is 3. The van der Waals surface area contributed by atoms with Gasteiger partial charge in [-0.05, 0) is 85.5 Å². The van der Waals surface area contributed by atoms with Gasteiger partial charge in [-0.25, -0.2) is 14.2 Å². The Morgan fingerprint density at radius 3 is 2.47 bits per heavy atom. The van der Waals surface area contributed by atoms with Crippen molar-refractivity contribution in [1.82, 2.24) is 9.13 Å². The second-order valence-electron chi connectivity index (χ2n) is 10.8. The Hall–Kier alpha value is -5.02. The molecule has 0 unspecified atom stereocenters. The Labute approximate surface area is 263 Å². The molecule has 0 aliphatic carbocycles. The van der Waals surface area contributed by atoms with Gasteiger partial charge in [0, 0.05) is 17.1 Å².